The van der Waals surface area contributed by atoms with Crippen molar-refractivity contribution in [3.8, 4) is 0 Å². The van der Waals surface area contributed by atoms with Crippen LogP contribution < -0.4 is 0 Å². The predicted molar refractivity (Wildman–Crippen MR) is 67.3 cm³/mol. The Morgan fingerprint density at radius 1 is 1.19 bits per heavy atom. The minimum absolute atomic E-state index is 0.0365. The van der Waals surface area contributed by atoms with Gasteiger partial charge in [-0.15, -0.1) is 0 Å². The molecular formula is C14H24O2. The molecule has 0 aromatic rings. The standard InChI is InChI=1S/C14H24O2/c1-11(2)6-5-7-12(3)14(10-15)9-8-13(4)16/h6,10,12,14H,5,7-9H2,1-4H3/t12-,14?/m0/s1. The number of allylic oxidation sites excluding steroid dienone is 2. The fraction of sp³-hybridized carbons (Fsp3) is 0.714. The smallest absolute Gasteiger partial charge is 0.129 e. The average molecular weight is 224 g/mol. The molecule has 0 bridgehead atoms. The highest BCUT2D eigenvalue weighted by molar-refractivity contribution is 5.75. The van der Waals surface area contributed by atoms with E-state index >= 15 is 0 Å². The number of hydrogen-bond acceptors (Lipinski definition) is 2. The molecule has 2 nitrogen and oxygen atoms in total. The van der Waals surface area contributed by atoms with Crippen LogP contribution in [0.3, 0.4) is 0 Å². The van der Waals surface area contributed by atoms with E-state index in [0.29, 0.717) is 18.8 Å². The Morgan fingerprint density at radius 3 is 2.25 bits per heavy atom. The molecule has 0 heterocycles. The summed E-state index contributed by atoms with van der Waals surface area (Å²) in [6, 6.07) is 0. The quantitative estimate of drug-likeness (QED) is 0.466. The maximum atomic E-state index is 10.9. The third-order valence-electron chi connectivity index (χ3n) is 2.91. The molecule has 2 atom stereocenters. The van der Waals surface area contributed by atoms with Gasteiger partial charge in [0.25, 0.3) is 0 Å². The van der Waals surface area contributed by atoms with Gasteiger partial charge in [-0.05, 0) is 46.0 Å². The van der Waals surface area contributed by atoms with Crippen molar-refractivity contribution in [3.63, 3.8) is 0 Å². The molecule has 92 valence electrons. The van der Waals surface area contributed by atoms with Gasteiger partial charge >= 0.3 is 0 Å². The van der Waals surface area contributed by atoms with E-state index in [9.17, 15) is 9.59 Å². The first kappa shape index (κ1) is 15.1. The molecule has 0 aliphatic heterocycles. The largest absolute Gasteiger partial charge is 0.303 e. The summed E-state index contributed by atoms with van der Waals surface area (Å²) in [6.45, 7) is 7.84. The van der Waals surface area contributed by atoms with E-state index < -0.39 is 0 Å². The van der Waals surface area contributed by atoms with Gasteiger partial charge in [-0.3, -0.25) is 0 Å². The minimum atomic E-state index is 0.0365. The van der Waals surface area contributed by atoms with E-state index in [0.717, 1.165) is 19.1 Å². The molecule has 0 aromatic carbocycles. The summed E-state index contributed by atoms with van der Waals surface area (Å²) in [7, 11) is 0. The third kappa shape index (κ3) is 7.38. The highest BCUT2D eigenvalue weighted by Crippen LogP contribution is 2.21. The molecule has 1 unspecified atom stereocenters. The van der Waals surface area contributed by atoms with E-state index in [1.54, 1.807) is 6.92 Å². The van der Waals surface area contributed by atoms with Crippen molar-refractivity contribution in [2.24, 2.45) is 11.8 Å². The lowest BCUT2D eigenvalue weighted by atomic mass is 9.87. The van der Waals surface area contributed by atoms with Gasteiger partial charge in [-0.25, -0.2) is 0 Å². The van der Waals surface area contributed by atoms with E-state index in [1.807, 2.05) is 0 Å². The van der Waals surface area contributed by atoms with Gasteiger partial charge in [0.2, 0.25) is 0 Å². The lowest BCUT2D eigenvalue weighted by Gasteiger charge is -2.17. The molecule has 0 saturated carbocycles. The zero-order chi connectivity index (χ0) is 12.6. The Bertz CT molecular complexity index is 249. The molecule has 0 aliphatic carbocycles. The van der Waals surface area contributed by atoms with E-state index in [4.69, 9.17) is 0 Å². The second kappa shape index (κ2) is 8.26. The Morgan fingerprint density at radius 2 is 1.81 bits per heavy atom. The van der Waals surface area contributed by atoms with Gasteiger partial charge in [0, 0.05) is 12.3 Å². The van der Waals surface area contributed by atoms with Gasteiger partial charge in [0.05, 0.1) is 0 Å². The molecule has 0 rings (SSSR count). The second-order valence-corrected chi connectivity index (χ2v) is 4.88. The van der Waals surface area contributed by atoms with Crippen molar-refractivity contribution in [3.05, 3.63) is 11.6 Å². The lowest BCUT2D eigenvalue weighted by Crippen LogP contribution is -2.14. The van der Waals surface area contributed by atoms with Crippen molar-refractivity contribution in [2.45, 2.75) is 53.4 Å². The fourth-order valence-corrected chi connectivity index (χ4v) is 1.71. The highest BCUT2D eigenvalue weighted by Gasteiger charge is 2.16. The zero-order valence-electron chi connectivity index (χ0n) is 11.0. The molecule has 16 heavy (non-hydrogen) atoms. The molecule has 0 N–H and O–H groups in total. The van der Waals surface area contributed by atoms with Crippen molar-refractivity contribution < 1.29 is 9.59 Å². The monoisotopic (exact) mass is 224 g/mol. The van der Waals surface area contributed by atoms with Gasteiger partial charge < -0.3 is 9.59 Å². The number of rotatable bonds is 8. The Hall–Kier alpha value is -0.920. The fourth-order valence-electron chi connectivity index (χ4n) is 1.71. The summed E-state index contributed by atoms with van der Waals surface area (Å²) < 4.78 is 0. The number of carbonyl (C=O) groups is 2. The summed E-state index contributed by atoms with van der Waals surface area (Å²) in [4.78, 5) is 21.8. The first-order valence-corrected chi connectivity index (χ1v) is 6.05. The number of hydrogen-bond donors (Lipinski definition) is 0. The maximum absolute atomic E-state index is 10.9. The molecule has 0 amide bonds. The van der Waals surface area contributed by atoms with Crippen LogP contribution in [0, 0.1) is 11.8 Å². The maximum Gasteiger partial charge on any atom is 0.129 e. The summed E-state index contributed by atoms with van der Waals surface area (Å²) in [5.74, 6) is 0.574. The Labute approximate surface area is 99.1 Å². The lowest BCUT2D eigenvalue weighted by molar-refractivity contribution is -0.117. The summed E-state index contributed by atoms with van der Waals surface area (Å²) >= 11 is 0. The normalized spacial score (nSPS) is 14.0. The number of ketones is 1. The third-order valence-corrected chi connectivity index (χ3v) is 2.91. The summed E-state index contributed by atoms with van der Waals surface area (Å²) in [5.41, 5.74) is 1.32. The van der Waals surface area contributed by atoms with Gasteiger partial charge in [0.1, 0.15) is 12.1 Å². The second-order valence-electron chi connectivity index (χ2n) is 4.88. The molecule has 2 heteroatoms. The number of aldehydes is 1. The van der Waals surface area contributed by atoms with Crippen LogP contribution in [0.4, 0.5) is 0 Å². The molecule has 0 radical (unpaired) electrons. The van der Waals surface area contributed by atoms with Gasteiger partial charge in [-0.1, -0.05) is 18.6 Å². The Balaban J connectivity index is 4.00. The van der Waals surface area contributed by atoms with Crippen LogP contribution in [0.2, 0.25) is 0 Å². The van der Waals surface area contributed by atoms with Crippen LogP contribution >= 0.6 is 0 Å². The zero-order valence-corrected chi connectivity index (χ0v) is 11.0. The average Bonchev–Trinajstić information content (AvgIpc) is 2.17. The van der Waals surface area contributed by atoms with Crippen LogP contribution in [0.5, 0.6) is 0 Å². The summed E-state index contributed by atoms with van der Waals surface area (Å²) in [5, 5.41) is 0. The molecule has 0 aromatic heterocycles. The van der Waals surface area contributed by atoms with Gasteiger partial charge in [-0.2, -0.15) is 0 Å². The molecule has 0 saturated heterocycles. The highest BCUT2D eigenvalue weighted by atomic mass is 16.1. The molecular weight excluding hydrogens is 200 g/mol. The van der Waals surface area contributed by atoms with Crippen molar-refractivity contribution >= 4 is 12.1 Å². The summed E-state index contributed by atoms with van der Waals surface area (Å²) in [6.07, 6.45) is 6.48. The molecule has 0 spiro atoms. The van der Waals surface area contributed by atoms with E-state index in [-0.39, 0.29) is 11.7 Å². The SMILES string of the molecule is CC(=O)CCC(C=O)[C@@H](C)CCC=C(C)C. The van der Waals surface area contributed by atoms with Gasteiger partial charge in [0.15, 0.2) is 0 Å². The topological polar surface area (TPSA) is 34.1 Å². The minimum Gasteiger partial charge on any atom is -0.303 e. The van der Waals surface area contributed by atoms with Crippen LogP contribution in [-0.2, 0) is 9.59 Å². The van der Waals surface area contributed by atoms with Crippen LogP contribution in [0.25, 0.3) is 0 Å². The van der Waals surface area contributed by atoms with E-state index in [2.05, 4.69) is 26.8 Å². The molecule has 0 fully saturated rings. The number of carbonyl (C=O) groups excluding carboxylic acids is 2. The van der Waals surface area contributed by atoms with E-state index in [1.165, 1.54) is 5.57 Å². The van der Waals surface area contributed by atoms with Crippen LogP contribution in [0.15, 0.2) is 11.6 Å². The first-order chi connectivity index (χ1) is 7.47. The first-order valence-electron chi connectivity index (χ1n) is 6.05. The Kier molecular flexibility index (Phi) is 7.78. The van der Waals surface area contributed by atoms with Crippen LogP contribution in [-0.4, -0.2) is 12.1 Å². The van der Waals surface area contributed by atoms with Crippen molar-refractivity contribution in [1.82, 2.24) is 0 Å². The molecule has 0 aliphatic rings. The van der Waals surface area contributed by atoms with Crippen molar-refractivity contribution in [1.29, 1.82) is 0 Å². The number of Topliss-reactive ketones (excluding diaryl/α,β-unsaturated/α-hetero) is 1. The predicted octanol–water partition coefficient (Wildman–Crippen LogP) is 3.55. The van der Waals surface area contributed by atoms with Crippen molar-refractivity contribution in [2.75, 3.05) is 0 Å². The van der Waals surface area contributed by atoms with Crippen LogP contribution in [0.1, 0.15) is 53.4 Å².